The highest BCUT2D eigenvalue weighted by molar-refractivity contribution is 6.04. The van der Waals surface area contributed by atoms with Crippen molar-refractivity contribution in [3.05, 3.63) is 93.9 Å². The van der Waals surface area contributed by atoms with Gasteiger partial charge in [0.25, 0.3) is 11.5 Å². The first-order valence-electron chi connectivity index (χ1n) is 8.06. The zero-order chi connectivity index (χ0) is 19.4. The molecule has 0 fully saturated rings. The number of carbonyl (C=O) groups is 1. The molecule has 3 aromatic rings. The Morgan fingerprint density at radius 2 is 1.93 bits per heavy atom. The van der Waals surface area contributed by atoms with Gasteiger partial charge in [-0.15, -0.1) is 0 Å². The Morgan fingerprint density at radius 1 is 1.11 bits per heavy atom. The first-order chi connectivity index (χ1) is 13.0. The second-order valence-electron chi connectivity index (χ2n) is 5.78. The van der Waals surface area contributed by atoms with E-state index in [1.165, 1.54) is 10.6 Å². The fourth-order valence-corrected chi connectivity index (χ4v) is 2.58. The molecule has 1 N–H and O–H groups in total. The van der Waals surface area contributed by atoms with Crippen LogP contribution in [-0.2, 0) is 6.54 Å². The minimum atomic E-state index is -0.815. The summed E-state index contributed by atoms with van der Waals surface area (Å²) in [6, 6.07) is 12.7. The van der Waals surface area contributed by atoms with E-state index in [4.69, 9.17) is 4.74 Å². The molecule has 5 nitrogen and oxygen atoms in total. The topological polar surface area (TPSA) is 60.3 Å². The Balaban J connectivity index is 1.86. The Bertz CT molecular complexity index is 1050. The molecule has 0 aliphatic carbocycles. The number of rotatable bonds is 5. The van der Waals surface area contributed by atoms with Crippen LogP contribution in [0.5, 0.6) is 5.75 Å². The third kappa shape index (κ3) is 4.20. The van der Waals surface area contributed by atoms with E-state index in [2.05, 4.69) is 5.32 Å². The van der Waals surface area contributed by atoms with Gasteiger partial charge >= 0.3 is 0 Å². The first-order valence-corrected chi connectivity index (χ1v) is 8.06. The molecule has 0 aliphatic rings. The maximum Gasteiger partial charge on any atom is 0.263 e. The van der Waals surface area contributed by atoms with Gasteiger partial charge in [-0.1, -0.05) is 12.1 Å². The standard InChI is InChI=1S/C20H16F2N2O3/c1-27-15-5-2-4-13(10-15)12-24-9-3-6-16(20(24)26)19(25)23-18-11-14(21)7-8-17(18)22/h2-11H,12H2,1H3,(H,23,25). The molecule has 1 heterocycles. The summed E-state index contributed by atoms with van der Waals surface area (Å²) in [4.78, 5) is 25.0. The minimum Gasteiger partial charge on any atom is -0.497 e. The van der Waals surface area contributed by atoms with Crippen molar-refractivity contribution in [2.24, 2.45) is 0 Å². The van der Waals surface area contributed by atoms with E-state index in [9.17, 15) is 18.4 Å². The number of anilines is 1. The number of pyridine rings is 1. The van der Waals surface area contributed by atoms with E-state index in [1.54, 1.807) is 37.6 Å². The molecule has 0 saturated heterocycles. The highest BCUT2D eigenvalue weighted by atomic mass is 19.1. The molecule has 0 atom stereocenters. The van der Waals surface area contributed by atoms with Crippen LogP contribution >= 0.6 is 0 Å². The molecule has 138 valence electrons. The number of methoxy groups -OCH3 is 1. The molecule has 3 rings (SSSR count). The molecule has 0 spiro atoms. The van der Waals surface area contributed by atoms with Gasteiger partial charge in [0, 0.05) is 12.3 Å². The van der Waals surface area contributed by atoms with E-state index in [0.29, 0.717) is 5.75 Å². The maximum absolute atomic E-state index is 13.7. The van der Waals surface area contributed by atoms with Crippen LogP contribution in [0.15, 0.2) is 65.6 Å². The van der Waals surface area contributed by atoms with Crippen LogP contribution in [-0.4, -0.2) is 17.6 Å². The van der Waals surface area contributed by atoms with Gasteiger partial charge in [0.15, 0.2) is 0 Å². The lowest BCUT2D eigenvalue weighted by atomic mass is 10.2. The average Bonchev–Trinajstić information content (AvgIpc) is 2.66. The zero-order valence-corrected chi connectivity index (χ0v) is 14.4. The summed E-state index contributed by atoms with van der Waals surface area (Å²) in [5.41, 5.74) is -0.244. The second kappa shape index (κ2) is 7.82. The molecule has 0 bridgehead atoms. The van der Waals surface area contributed by atoms with Gasteiger partial charge in [0.2, 0.25) is 0 Å². The molecule has 1 aromatic heterocycles. The lowest BCUT2D eigenvalue weighted by Crippen LogP contribution is -2.29. The first kappa shape index (κ1) is 18.3. The van der Waals surface area contributed by atoms with Crippen molar-refractivity contribution in [2.75, 3.05) is 12.4 Å². The number of ether oxygens (including phenoxy) is 1. The minimum absolute atomic E-state index is 0.177. The Kier molecular flexibility index (Phi) is 5.30. The number of halogens is 2. The zero-order valence-electron chi connectivity index (χ0n) is 14.4. The fraction of sp³-hybridized carbons (Fsp3) is 0.100. The number of aromatic nitrogens is 1. The lowest BCUT2D eigenvalue weighted by Gasteiger charge is -2.10. The van der Waals surface area contributed by atoms with E-state index in [0.717, 1.165) is 23.8 Å². The van der Waals surface area contributed by atoms with Gasteiger partial charge in [-0.05, 0) is 42.0 Å². The Labute approximate surface area is 153 Å². The van der Waals surface area contributed by atoms with E-state index < -0.39 is 23.1 Å². The summed E-state index contributed by atoms with van der Waals surface area (Å²) in [5, 5.41) is 2.23. The second-order valence-corrected chi connectivity index (χ2v) is 5.78. The normalized spacial score (nSPS) is 10.5. The van der Waals surface area contributed by atoms with E-state index >= 15 is 0 Å². The molecule has 1 amide bonds. The van der Waals surface area contributed by atoms with Gasteiger partial charge in [0.05, 0.1) is 19.3 Å². The van der Waals surface area contributed by atoms with E-state index in [1.807, 2.05) is 6.07 Å². The quantitative estimate of drug-likeness (QED) is 0.749. The van der Waals surface area contributed by atoms with Crippen molar-refractivity contribution in [1.29, 1.82) is 0 Å². The van der Waals surface area contributed by atoms with Crippen molar-refractivity contribution in [3.8, 4) is 5.75 Å². The van der Waals surface area contributed by atoms with Gasteiger partial charge in [0.1, 0.15) is 22.9 Å². The monoisotopic (exact) mass is 370 g/mol. The summed E-state index contributed by atoms with van der Waals surface area (Å²) >= 11 is 0. The number of nitrogens with one attached hydrogen (secondary N) is 1. The van der Waals surface area contributed by atoms with Crippen LogP contribution in [0.25, 0.3) is 0 Å². The molecule has 0 saturated carbocycles. The smallest absolute Gasteiger partial charge is 0.263 e. The third-order valence-corrected chi connectivity index (χ3v) is 3.93. The summed E-state index contributed by atoms with van der Waals surface area (Å²) in [7, 11) is 1.54. The highest BCUT2D eigenvalue weighted by Crippen LogP contribution is 2.16. The predicted octanol–water partition coefficient (Wildman–Crippen LogP) is 3.44. The summed E-state index contributed by atoms with van der Waals surface area (Å²) in [5.74, 6) is -1.66. The largest absolute Gasteiger partial charge is 0.497 e. The molecule has 0 aliphatic heterocycles. The van der Waals surface area contributed by atoms with Crippen LogP contribution in [0.4, 0.5) is 14.5 Å². The maximum atomic E-state index is 13.7. The van der Waals surface area contributed by atoms with Crippen LogP contribution in [0, 0.1) is 11.6 Å². The van der Waals surface area contributed by atoms with Gasteiger partial charge in [-0.25, -0.2) is 8.78 Å². The van der Waals surface area contributed by atoms with Crippen LogP contribution < -0.4 is 15.6 Å². The number of hydrogen-bond acceptors (Lipinski definition) is 3. The molecule has 27 heavy (non-hydrogen) atoms. The Hall–Kier alpha value is -3.48. The summed E-state index contributed by atoms with van der Waals surface area (Å²) < 4.78 is 33.5. The number of nitrogens with zero attached hydrogens (tertiary/aromatic N) is 1. The van der Waals surface area contributed by atoms with Crippen LogP contribution in [0.1, 0.15) is 15.9 Å². The van der Waals surface area contributed by atoms with Gasteiger partial charge < -0.3 is 14.6 Å². The lowest BCUT2D eigenvalue weighted by molar-refractivity contribution is 0.102. The van der Waals surface area contributed by atoms with Gasteiger partial charge in [-0.3, -0.25) is 9.59 Å². The summed E-state index contributed by atoms with van der Waals surface area (Å²) in [6.45, 7) is 0.228. The third-order valence-electron chi connectivity index (χ3n) is 3.93. The Morgan fingerprint density at radius 3 is 2.70 bits per heavy atom. The number of benzene rings is 2. The molecular formula is C20H16F2N2O3. The fourth-order valence-electron chi connectivity index (χ4n) is 2.58. The van der Waals surface area contributed by atoms with Gasteiger partial charge in [-0.2, -0.15) is 0 Å². The molecule has 2 aromatic carbocycles. The van der Waals surface area contributed by atoms with Crippen molar-refractivity contribution in [2.45, 2.75) is 6.54 Å². The van der Waals surface area contributed by atoms with Crippen molar-refractivity contribution in [3.63, 3.8) is 0 Å². The summed E-state index contributed by atoms with van der Waals surface area (Å²) in [6.07, 6.45) is 1.54. The van der Waals surface area contributed by atoms with Crippen LogP contribution in [0.3, 0.4) is 0 Å². The number of amides is 1. The molecule has 0 unspecified atom stereocenters. The van der Waals surface area contributed by atoms with Crippen molar-refractivity contribution < 1.29 is 18.3 Å². The van der Waals surface area contributed by atoms with Crippen LogP contribution in [0.2, 0.25) is 0 Å². The predicted molar refractivity (Wildman–Crippen MR) is 97.1 cm³/mol. The van der Waals surface area contributed by atoms with Crippen molar-refractivity contribution >= 4 is 11.6 Å². The molecular weight excluding hydrogens is 354 g/mol. The highest BCUT2D eigenvalue weighted by Gasteiger charge is 2.15. The van der Waals surface area contributed by atoms with Crippen molar-refractivity contribution in [1.82, 2.24) is 4.57 Å². The molecule has 0 radical (unpaired) electrons. The SMILES string of the molecule is COc1cccc(Cn2cccc(C(=O)Nc3cc(F)ccc3F)c2=O)c1. The average molecular weight is 370 g/mol. The number of carbonyl (C=O) groups excluding carboxylic acids is 1. The molecule has 7 heteroatoms. The number of hydrogen-bond donors (Lipinski definition) is 1. The van der Waals surface area contributed by atoms with E-state index in [-0.39, 0.29) is 17.8 Å².